The Morgan fingerprint density at radius 2 is 1.78 bits per heavy atom. The number of pyridine rings is 1. The number of ether oxygens (including phenoxy) is 2. The van der Waals surface area contributed by atoms with Crippen molar-refractivity contribution < 1.29 is 14.3 Å². The third-order valence-corrected chi connectivity index (χ3v) is 5.48. The van der Waals surface area contributed by atoms with E-state index in [9.17, 15) is 9.59 Å². The minimum Gasteiger partial charge on any atom is -0.446 e. The molecule has 1 saturated heterocycles. The highest BCUT2D eigenvalue weighted by molar-refractivity contribution is 5.95. The van der Waals surface area contributed by atoms with Crippen LogP contribution >= 0.6 is 0 Å². The highest BCUT2D eigenvalue weighted by atomic mass is 16.6. The van der Waals surface area contributed by atoms with Crippen molar-refractivity contribution in [1.29, 1.82) is 0 Å². The number of morpholine rings is 1. The number of hydrogen-bond acceptors (Lipinski definition) is 5. The van der Waals surface area contributed by atoms with E-state index in [1.165, 1.54) is 0 Å². The fourth-order valence-electron chi connectivity index (χ4n) is 3.90. The molecule has 0 saturated carbocycles. The molecule has 142 valence electrons. The summed E-state index contributed by atoms with van der Waals surface area (Å²) in [4.78, 5) is 27.7. The van der Waals surface area contributed by atoms with Gasteiger partial charge in [-0.05, 0) is 25.0 Å². The lowest BCUT2D eigenvalue weighted by atomic mass is 9.88. The summed E-state index contributed by atoms with van der Waals surface area (Å²) in [5, 5.41) is 0. The molecule has 3 heterocycles. The number of carbonyl (C=O) groups excluding carboxylic acids is 1. The van der Waals surface area contributed by atoms with Gasteiger partial charge in [-0.1, -0.05) is 30.3 Å². The van der Waals surface area contributed by atoms with Crippen LogP contribution in [0.25, 0.3) is 0 Å². The van der Waals surface area contributed by atoms with Gasteiger partial charge in [0, 0.05) is 37.9 Å². The predicted molar refractivity (Wildman–Crippen MR) is 101 cm³/mol. The van der Waals surface area contributed by atoms with E-state index in [0.717, 1.165) is 44.8 Å². The molecular weight excluding hydrogens is 344 g/mol. The molecular formula is C21H24N2O4. The lowest BCUT2D eigenvalue weighted by Crippen LogP contribution is -2.37. The summed E-state index contributed by atoms with van der Waals surface area (Å²) >= 11 is 0. The normalized spacial score (nSPS) is 22.5. The van der Waals surface area contributed by atoms with Crippen LogP contribution in [0, 0.1) is 0 Å². The topological polar surface area (TPSA) is 60.8 Å². The van der Waals surface area contributed by atoms with Gasteiger partial charge in [0.2, 0.25) is 0 Å². The van der Waals surface area contributed by atoms with Crippen molar-refractivity contribution in [2.24, 2.45) is 0 Å². The van der Waals surface area contributed by atoms with Crippen LogP contribution in [0.15, 0.2) is 47.4 Å². The van der Waals surface area contributed by atoms with Gasteiger partial charge in [-0.2, -0.15) is 0 Å². The van der Waals surface area contributed by atoms with E-state index in [4.69, 9.17) is 9.47 Å². The first-order valence-electron chi connectivity index (χ1n) is 9.42. The van der Waals surface area contributed by atoms with Gasteiger partial charge in [0.1, 0.15) is 5.56 Å². The molecule has 6 nitrogen and oxygen atoms in total. The summed E-state index contributed by atoms with van der Waals surface area (Å²) in [6.45, 7) is 6.74. The van der Waals surface area contributed by atoms with E-state index < -0.39 is 11.6 Å². The molecule has 1 atom stereocenters. The highest BCUT2D eigenvalue weighted by Crippen LogP contribution is 2.40. The number of esters is 1. The molecule has 4 rings (SSSR count). The second-order valence-electron chi connectivity index (χ2n) is 7.20. The van der Waals surface area contributed by atoms with Crippen LogP contribution in [0.4, 0.5) is 0 Å². The van der Waals surface area contributed by atoms with Gasteiger partial charge < -0.3 is 14.0 Å². The Balaban J connectivity index is 1.55. The van der Waals surface area contributed by atoms with Crippen LogP contribution in [-0.2, 0) is 21.6 Å². The van der Waals surface area contributed by atoms with Gasteiger partial charge in [0.15, 0.2) is 5.60 Å². The van der Waals surface area contributed by atoms with Crippen LogP contribution in [-0.4, -0.2) is 48.3 Å². The smallest absolute Gasteiger partial charge is 0.345 e. The summed E-state index contributed by atoms with van der Waals surface area (Å²) < 4.78 is 12.6. The van der Waals surface area contributed by atoms with E-state index in [2.05, 4.69) is 4.90 Å². The van der Waals surface area contributed by atoms with Gasteiger partial charge in [-0.3, -0.25) is 9.69 Å². The highest BCUT2D eigenvalue weighted by Gasteiger charge is 2.45. The second-order valence-corrected chi connectivity index (χ2v) is 7.20. The van der Waals surface area contributed by atoms with E-state index in [1.54, 1.807) is 10.8 Å². The van der Waals surface area contributed by atoms with Crippen molar-refractivity contribution >= 4 is 5.97 Å². The number of carbonyl (C=O) groups is 1. The largest absolute Gasteiger partial charge is 0.446 e. The van der Waals surface area contributed by atoms with Crippen LogP contribution in [0.5, 0.6) is 0 Å². The summed E-state index contributed by atoms with van der Waals surface area (Å²) in [5.74, 6) is -0.538. The summed E-state index contributed by atoms with van der Waals surface area (Å²) in [6.07, 6.45) is 2.63. The van der Waals surface area contributed by atoms with Gasteiger partial charge in [-0.15, -0.1) is 0 Å². The Kier molecular flexibility index (Phi) is 4.85. The lowest BCUT2D eigenvalue weighted by molar-refractivity contribution is 0.0179. The van der Waals surface area contributed by atoms with Crippen molar-refractivity contribution in [2.75, 3.05) is 32.8 Å². The summed E-state index contributed by atoms with van der Waals surface area (Å²) in [5.41, 5.74) is 0.490. The molecule has 2 aliphatic heterocycles. The van der Waals surface area contributed by atoms with E-state index in [0.29, 0.717) is 12.1 Å². The quantitative estimate of drug-likeness (QED) is 0.756. The van der Waals surface area contributed by atoms with Crippen LogP contribution in [0.2, 0.25) is 0 Å². The predicted octanol–water partition coefficient (Wildman–Crippen LogP) is 2.00. The summed E-state index contributed by atoms with van der Waals surface area (Å²) in [7, 11) is 0. The van der Waals surface area contributed by atoms with Crippen LogP contribution in [0.3, 0.4) is 0 Å². The number of aryl methyl sites for hydroxylation is 1. The molecule has 0 N–H and O–H groups in total. The zero-order valence-corrected chi connectivity index (χ0v) is 15.5. The number of hydrogen-bond donors (Lipinski definition) is 0. The van der Waals surface area contributed by atoms with Crippen molar-refractivity contribution in [1.82, 2.24) is 9.47 Å². The molecule has 0 bridgehead atoms. The Labute approximate surface area is 158 Å². The molecule has 1 aromatic heterocycles. The monoisotopic (exact) mass is 368 g/mol. The van der Waals surface area contributed by atoms with Gasteiger partial charge in [0.05, 0.1) is 13.2 Å². The standard InChI is InChI=1S/C21H24N2O4/c1-21(16-6-3-2-4-7-16)17-8-11-23(19(24)18(17)20(25)27-21)10-5-9-22-12-14-26-15-13-22/h2-4,6-8,11H,5,9-10,12-15H2,1H3. The maximum Gasteiger partial charge on any atom is 0.345 e. The van der Waals surface area contributed by atoms with Gasteiger partial charge in [-0.25, -0.2) is 4.79 Å². The molecule has 0 aliphatic carbocycles. The molecule has 1 fully saturated rings. The molecule has 6 heteroatoms. The minimum absolute atomic E-state index is 0.162. The van der Waals surface area contributed by atoms with Gasteiger partial charge >= 0.3 is 5.97 Å². The number of cyclic esters (lactones) is 1. The molecule has 1 aromatic carbocycles. The van der Waals surface area contributed by atoms with E-state index >= 15 is 0 Å². The average Bonchev–Trinajstić information content (AvgIpc) is 2.97. The number of nitrogens with zero attached hydrogens (tertiary/aromatic N) is 2. The van der Waals surface area contributed by atoms with Crippen LogP contribution in [0.1, 0.15) is 34.8 Å². The first-order valence-corrected chi connectivity index (χ1v) is 9.42. The Morgan fingerprint density at radius 1 is 1.04 bits per heavy atom. The van der Waals surface area contributed by atoms with E-state index in [-0.39, 0.29) is 11.1 Å². The fourth-order valence-corrected chi connectivity index (χ4v) is 3.90. The first-order chi connectivity index (χ1) is 13.1. The molecule has 0 amide bonds. The second kappa shape index (κ2) is 7.29. The molecule has 2 aromatic rings. The number of aromatic nitrogens is 1. The first kappa shape index (κ1) is 17.9. The Hall–Kier alpha value is -2.44. The average molecular weight is 368 g/mol. The summed E-state index contributed by atoms with van der Waals surface area (Å²) in [6, 6.07) is 11.4. The SMILES string of the molecule is CC1(c2ccccc2)OC(=O)c2c1ccn(CCCN1CCOCC1)c2=O. The van der Waals surface area contributed by atoms with Crippen molar-refractivity contribution in [3.05, 3.63) is 69.6 Å². The zero-order valence-electron chi connectivity index (χ0n) is 15.5. The maximum absolute atomic E-state index is 12.9. The molecule has 0 spiro atoms. The molecule has 2 aliphatic rings. The van der Waals surface area contributed by atoms with Crippen molar-refractivity contribution in [3.8, 4) is 0 Å². The Bertz CT molecular complexity index is 887. The Morgan fingerprint density at radius 3 is 2.52 bits per heavy atom. The number of benzene rings is 1. The maximum atomic E-state index is 12.9. The minimum atomic E-state index is -0.917. The van der Waals surface area contributed by atoms with Crippen molar-refractivity contribution in [3.63, 3.8) is 0 Å². The molecule has 1 unspecified atom stereocenters. The van der Waals surface area contributed by atoms with E-state index in [1.807, 2.05) is 43.3 Å². The number of rotatable bonds is 5. The van der Waals surface area contributed by atoms with Gasteiger partial charge in [0.25, 0.3) is 5.56 Å². The third kappa shape index (κ3) is 3.31. The molecule has 0 radical (unpaired) electrons. The van der Waals surface area contributed by atoms with Crippen LogP contribution < -0.4 is 5.56 Å². The molecule has 27 heavy (non-hydrogen) atoms. The fraction of sp³-hybridized carbons (Fsp3) is 0.429. The lowest BCUT2D eigenvalue weighted by Gasteiger charge is -2.26. The third-order valence-electron chi connectivity index (χ3n) is 5.48. The zero-order chi connectivity index (χ0) is 18.9. The van der Waals surface area contributed by atoms with Crippen molar-refractivity contribution in [2.45, 2.75) is 25.5 Å². The number of fused-ring (bicyclic) bond motifs is 1.